The topological polar surface area (TPSA) is 52.9 Å². The first kappa shape index (κ1) is 12.1. The van der Waals surface area contributed by atoms with Crippen molar-refractivity contribution in [2.45, 2.75) is 24.8 Å². The summed E-state index contributed by atoms with van der Waals surface area (Å²) in [5.74, 6) is -1.12. The lowest BCUT2D eigenvalue weighted by Crippen LogP contribution is -2.52. The van der Waals surface area contributed by atoms with Gasteiger partial charge >= 0.3 is 0 Å². The molecule has 17 heavy (non-hydrogen) atoms. The highest BCUT2D eigenvalue weighted by Crippen LogP contribution is 2.31. The third-order valence-electron chi connectivity index (χ3n) is 2.95. The number of rotatable bonds is 2. The molecule has 1 aliphatic rings. The standard InChI is InChI=1S/C12H10BrFN2O/c13-8-2-3-9(10(14)6-8)11(17)16-12(7-15)4-1-5-12/h2-3,6H,1,4-5H2,(H,16,17). The van der Waals surface area contributed by atoms with Gasteiger partial charge < -0.3 is 5.32 Å². The fourth-order valence-electron chi connectivity index (χ4n) is 1.75. The Morgan fingerprint density at radius 1 is 1.53 bits per heavy atom. The Morgan fingerprint density at radius 2 is 2.24 bits per heavy atom. The van der Waals surface area contributed by atoms with Gasteiger partial charge in [-0.25, -0.2) is 4.39 Å². The molecule has 1 aliphatic carbocycles. The van der Waals surface area contributed by atoms with Crippen LogP contribution in [0.5, 0.6) is 0 Å². The molecule has 3 nitrogen and oxygen atoms in total. The minimum Gasteiger partial charge on any atom is -0.334 e. The van der Waals surface area contributed by atoms with Crippen LogP contribution in [0.2, 0.25) is 0 Å². The van der Waals surface area contributed by atoms with Crippen LogP contribution in [-0.2, 0) is 0 Å². The molecule has 5 heteroatoms. The zero-order chi connectivity index (χ0) is 12.5. The highest BCUT2D eigenvalue weighted by molar-refractivity contribution is 9.10. The molecule has 1 N–H and O–H groups in total. The zero-order valence-corrected chi connectivity index (χ0v) is 10.6. The normalized spacial score (nSPS) is 16.8. The van der Waals surface area contributed by atoms with Gasteiger partial charge in [0.05, 0.1) is 11.6 Å². The highest BCUT2D eigenvalue weighted by Gasteiger charge is 2.39. The summed E-state index contributed by atoms with van der Waals surface area (Å²) in [5, 5.41) is 11.6. The predicted octanol–water partition coefficient (Wildman–Crippen LogP) is 2.76. The molecule has 0 spiro atoms. The fraction of sp³-hybridized carbons (Fsp3) is 0.333. The van der Waals surface area contributed by atoms with Crippen LogP contribution in [0.15, 0.2) is 22.7 Å². The first-order valence-electron chi connectivity index (χ1n) is 5.25. The van der Waals surface area contributed by atoms with E-state index in [1.165, 1.54) is 12.1 Å². The summed E-state index contributed by atoms with van der Waals surface area (Å²) in [7, 11) is 0. The Balaban J connectivity index is 2.18. The van der Waals surface area contributed by atoms with Crippen molar-refractivity contribution in [1.29, 1.82) is 5.26 Å². The van der Waals surface area contributed by atoms with Crippen molar-refractivity contribution in [3.8, 4) is 6.07 Å². The third-order valence-corrected chi connectivity index (χ3v) is 3.44. The lowest BCUT2D eigenvalue weighted by molar-refractivity contribution is 0.0877. The van der Waals surface area contributed by atoms with Gasteiger partial charge in [-0.2, -0.15) is 5.26 Å². The van der Waals surface area contributed by atoms with Gasteiger partial charge in [0, 0.05) is 4.47 Å². The number of benzene rings is 1. The average Bonchev–Trinajstić information content (AvgIpc) is 2.23. The van der Waals surface area contributed by atoms with E-state index in [1.807, 2.05) is 0 Å². The van der Waals surface area contributed by atoms with E-state index in [1.54, 1.807) is 6.07 Å². The molecule has 1 saturated carbocycles. The van der Waals surface area contributed by atoms with Crippen LogP contribution in [0.4, 0.5) is 4.39 Å². The summed E-state index contributed by atoms with van der Waals surface area (Å²) >= 11 is 3.12. The van der Waals surface area contributed by atoms with Crippen molar-refractivity contribution in [3.05, 3.63) is 34.1 Å². The summed E-state index contributed by atoms with van der Waals surface area (Å²) < 4.78 is 14.1. The van der Waals surface area contributed by atoms with Crippen molar-refractivity contribution < 1.29 is 9.18 Å². The molecular formula is C12H10BrFN2O. The second-order valence-electron chi connectivity index (χ2n) is 4.13. The van der Waals surface area contributed by atoms with Crippen molar-refractivity contribution >= 4 is 21.8 Å². The minimum atomic E-state index is -0.795. The molecule has 88 valence electrons. The number of hydrogen-bond acceptors (Lipinski definition) is 2. The van der Waals surface area contributed by atoms with Gasteiger partial charge in [-0.05, 0) is 37.5 Å². The lowest BCUT2D eigenvalue weighted by Gasteiger charge is -2.35. The molecule has 2 rings (SSSR count). The summed E-state index contributed by atoms with van der Waals surface area (Å²) in [6.45, 7) is 0. The van der Waals surface area contributed by atoms with E-state index >= 15 is 0 Å². The van der Waals surface area contributed by atoms with Crippen molar-refractivity contribution in [1.82, 2.24) is 5.32 Å². The minimum absolute atomic E-state index is 0.0327. The van der Waals surface area contributed by atoms with Gasteiger partial charge in [0.1, 0.15) is 11.4 Å². The second kappa shape index (κ2) is 4.46. The maximum Gasteiger partial charge on any atom is 0.255 e. The van der Waals surface area contributed by atoms with Gasteiger partial charge in [0.2, 0.25) is 0 Å². The maximum absolute atomic E-state index is 13.5. The molecule has 0 unspecified atom stereocenters. The van der Waals surface area contributed by atoms with E-state index in [0.717, 1.165) is 6.42 Å². The quantitative estimate of drug-likeness (QED) is 0.912. The molecule has 0 radical (unpaired) electrons. The average molecular weight is 297 g/mol. The van der Waals surface area contributed by atoms with Gasteiger partial charge in [-0.1, -0.05) is 15.9 Å². The maximum atomic E-state index is 13.5. The van der Waals surface area contributed by atoms with Crippen LogP contribution in [0.3, 0.4) is 0 Å². The van der Waals surface area contributed by atoms with Crippen LogP contribution >= 0.6 is 15.9 Å². The van der Waals surface area contributed by atoms with Crippen LogP contribution in [0.1, 0.15) is 29.6 Å². The molecule has 0 heterocycles. The molecule has 1 aromatic rings. The van der Waals surface area contributed by atoms with Crippen LogP contribution in [0.25, 0.3) is 0 Å². The number of nitrogens with zero attached hydrogens (tertiary/aromatic N) is 1. The Hall–Kier alpha value is -1.41. The van der Waals surface area contributed by atoms with Crippen LogP contribution < -0.4 is 5.32 Å². The molecule has 0 aromatic heterocycles. The lowest BCUT2D eigenvalue weighted by atomic mass is 9.78. The highest BCUT2D eigenvalue weighted by atomic mass is 79.9. The van der Waals surface area contributed by atoms with E-state index in [0.29, 0.717) is 17.3 Å². The van der Waals surface area contributed by atoms with Crippen LogP contribution in [0, 0.1) is 17.1 Å². The number of hydrogen-bond donors (Lipinski definition) is 1. The second-order valence-corrected chi connectivity index (χ2v) is 5.04. The SMILES string of the molecule is N#CC1(NC(=O)c2ccc(Br)cc2F)CCC1. The molecule has 1 fully saturated rings. The van der Waals surface area contributed by atoms with Crippen molar-refractivity contribution in [2.75, 3.05) is 0 Å². The number of amides is 1. The molecule has 0 saturated heterocycles. The van der Waals surface area contributed by atoms with Crippen molar-refractivity contribution in [2.24, 2.45) is 0 Å². The summed E-state index contributed by atoms with van der Waals surface area (Å²) in [6, 6.07) is 6.31. The van der Waals surface area contributed by atoms with E-state index < -0.39 is 17.3 Å². The van der Waals surface area contributed by atoms with Gasteiger partial charge in [-0.15, -0.1) is 0 Å². The van der Waals surface area contributed by atoms with Gasteiger partial charge in [0.25, 0.3) is 5.91 Å². The van der Waals surface area contributed by atoms with E-state index in [4.69, 9.17) is 5.26 Å². The van der Waals surface area contributed by atoms with Crippen LogP contribution in [-0.4, -0.2) is 11.4 Å². The molecule has 0 atom stereocenters. The van der Waals surface area contributed by atoms with Gasteiger partial charge in [-0.3, -0.25) is 4.79 Å². The molecule has 0 aliphatic heterocycles. The Kier molecular flexibility index (Phi) is 3.16. The Labute approximate surface area is 107 Å². The predicted molar refractivity (Wildman–Crippen MR) is 63.8 cm³/mol. The number of carbonyl (C=O) groups is 1. The monoisotopic (exact) mass is 296 g/mol. The van der Waals surface area contributed by atoms with Crippen molar-refractivity contribution in [3.63, 3.8) is 0 Å². The molecule has 1 amide bonds. The van der Waals surface area contributed by atoms with E-state index in [2.05, 4.69) is 27.3 Å². The summed E-state index contributed by atoms with van der Waals surface area (Å²) in [4.78, 5) is 11.8. The summed E-state index contributed by atoms with van der Waals surface area (Å²) in [5.41, 5.74) is -0.828. The Bertz CT molecular complexity index is 506. The fourth-order valence-corrected chi connectivity index (χ4v) is 2.09. The molecular weight excluding hydrogens is 287 g/mol. The first-order valence-corrected chi connectivity index (χ1v) is 6.04. The van der Waals surface area contributed by atoms with Gasteiger partial charge in [0.15, 0.2) is 0 Å². The van der Waals surface area contributed by atoms with E-state index in [9.17, 15) is 9.18 Å². The zero-order valence-electron chi connectivity index (χ0n) is 8.96. The number of nitriles is 1. The summed E-state index contributed by atoms with van der Waals surface area (Å²) in [6.07, 6.45) is 2.18. The molecule has 1 aromatic carbocycles. The number of carbonyl (C=O) groups excluding carboxylic acids is 1. The number of halogens is 2. The number of nitrogens with one attached hydrogen (secondary N) is 1. The molecule has 0 bridgehead atoms. The third kappa shape index (κ3) is 2.32. The Morgan fingerprint density at radius 3 is 2.71 bits per heavy atom. The smallest absolute Gasteiger partial charge is 0.255 e. The van der Waals surface area contributed by atoms with E-state index in [-0.39, 0.29) is 5.56 Å². The largest absolute Gasteiger partial charge is 0.334 e. The first-order chi connectivity index (χ1) is 8.06.